The summed E-state index contributed by atoms with van der Waals surface area (Å²) in [7, 11) is 0. The van der Waals surface area contributed by atoms with Crippen molar-refractivity contribution in [1.29, 1.82) is 0 Å². The quantitative estimate of drug-likeness (QED) is 0.779. The average Bonchev–Trinajstić information content (AvgIpc) is 2.49. The summed E-state index contributed by atoms with van der Waals surface area (Å²) in [5, 5.41) is 0. The van der Waals surface area contributed by atoms with Crippen LogP contribution in [0.25, 0.3) is 0 Å². The van der Waals surface area contributed by atoms with E-state index in [1.54, 1.807) is 0 Å². The molecule has 2 rings (SSSR count). The Morgan fingerprint density at radius 3 is 2.14 bits per heavy atom. The van der Waals surface area contributed by atoms with Crippen molar-refractivity contribution in [3.63, 3.8) is 0 Å². The first-order valence-electron chi connectivity index (χ1n) is 7.59. The Labute approximate surface area is 128 Å². The van der Waals surface area contributed by atoms with Gasteiger partial charge < -0.3 is 5.73 Å². The topological polar surface area (TPSA) is 26.0 Å². The monoisotopic (exact) mass is 279 g/mol. The fraction of sp³-hybridized carbons (Fsp3) is 0.300. The molecule has 21 heavy (non-hydrogen) atoms. The van der Waals surface area contributed by atoms with Crippen molar-refractivity contribution in [3.05, 3.63) is 82.9 Å². The van der Waals surface area contributed by atoms with Gasteiger partial charge in [-0.15, -0.1) is 0 Å². The van der Waals surface area contributed by atoms with Gasteiger partial charge in [-0.05, 0) is 42.4 Å². The summed E-state index contributed by atoms with van der Waals surface area (Å²) in [5.74, 6) is 0.537. The van der Waals surface area contributed by atoms with Gasteiger partial charge in [0.05, 0.1) is 0 Å². The zero-order valence-corrected chi connectivity index (χ0v) is 13.1. The van der Waals surface area contributed by atoms with Gasteiger partial charge in [-0.3, -0.25) is 0 Å². The normalized spacial score (nSPS) is 12.1. The summed E-state index contributed by atoms with van der Waals surface area (Å²) in [4.78, 5) is 0. The third-order valence-corrected chi connectivity index (χ3v) is 3.95. The van der Waals surface area contributed by atoms with Gasteiger partial charge in [0.1, 0.15) is 0 Å². The van der Waals surface area contributed by atoms with Gasteiger partial charge in [-0.1, -0.05) is 73.2 Å². The Bertz CT molecular complexity index is 578. The summed E-state index contributed by atoms with van der Waals surface area (Å²) < 4.78 is 0. The van der Waals surface area contributed by atoms with E-state index in [4.69, 9.17) is 5.73 Å². The second-order valence-electron chi connectivity index (χ2n) is 5.96. The SMILES string of the molecule is C=C(CN)Cc1ccc(CC(C)c2ccc(C)cc2)cc1. The van der Waals surface area contributed by atoms with Gasteiger partial charge in [0.15, 0.2) is 0 Å². The third-order valence-electron chi connectivity index (χ3n) is 3.95. The smallest absolute Gasteiger partial charge is 0.0137 e. The fourth-order valence-electron chi connectivity index (χ4n) is 2.52. The van der Waals surface area contributed by atoms with Crippen LogP contribution in [0, 0.1) is 6.92 Å². The molecule has 1 atom stereocenters. The number of aryl methyl sites for hydroxylation is 1. The summed E-state index contributed by atoms with van der Waals surface area (Å²) in [6.07, 6.45) is 1.95. The Morgan fingerprint density at radius 1 is 1.00 bits per heavy atom. The maximum atomic E-state index is 5.59. The summed E-state index contributed by atoms with van der Waals surface area (Å²) in [6.45, 7) is 8.94. The third kappa shape index (κ3) is 4.57. The van der Waals surface area contributed by atoms with Crippen LogP contribution in [0.1, 0.15) is 35.1 Å². The molecule has 0 radical (unpaired) electrons. The van der Waals surface area contributed by atoms with Crippen LogP contribution in [0.2, 0.25) is 0 Å². The minimum atomic E-state index is 0.537. The van der Waals surface area contributed by atoms with Crippen LogP contribution in [0.5, 0.6) is 0 Å². The van der Waals surface area contributed by atoms with Crippen LogP contribution in [-0.2, 0) is 12.8 Å². The molecule has 1 nitrogen and oxygen atoms in total. The van der Waals surface area contributed by atoms with E-state index >= 15 is 0 Å². The second kappa shape index (κ2) is 7.24. The second-order valence-corrected chi connectivity index (χ2v) is 5.96. The van der Waals surface area contributed by atoms with E-state index in [-0.39, 0.29) is 0 Å². The van der Waals surface area contributed by atoms with E-state index in [2.05, 4.69) is 69.0 Å². The number of hydrogen-bond donors (Lipinski definition) is 1. The van der Waals surface area contributed by atoms with Crippen molar-refractivity contribution in [2.24, 2.45) is 5.73 Å². The molecule has 110 valence electrons. The van der Waals surface area contributed by atoms with Gasteiger partial charge in [0.25, 0.3) is 0 Å². The van der Waals surface area contributed by atoms with E-state index in [1.807, 2.05) is 0 Å². The number of hydrogen-bond acceptors (Lipinski definition) is 1. The molecule has 0 amide bonds. The van der Waals surface area contributed by atoms with Gasteiger partial charge in [-0.2, -0.15) is 0 Å². The summed E-state index contributed by atoms with van der Waals surface area (Å²) in [5.41, 5.74) is 12.1. The number of rotatable bonds is 6. The fourth-order valence-corrected chi connectivity index (χ4v) is 2.52. The Kier molecular flexibility index (Phi) is 5.35. The van der Waals surface area contributed by atoms with Crippen LogP contribution in [-0.4, -0.2) is 6.54 Å². The van der Waals surface area contributed by atoms with E-state index in [9.17, 15) is 0 Å². The van der Waals surface area contributed by atoms with Crippen molar-refractivity contribution in [3.8, 4) is 0 Å². The maximum absolute atomic E-state index is 5.59. The lowest BCUT2D eigenvalue weighted by atomic mass is 9.92. The summed E-state index contributed by atoms with van der Waals surface area (Å²) in [6, 6.07) is 17.7. The molecule has 0 aliphatic heterocycles. The lowest BCUT2D eigenvalue weighted by Gasteiger charge is -2.13. The molecular formula is C20H25N. The molecule has 2 N–H and O–H groups in total. The highest BCUT2D eigenvalue weighted by Gasteiger charge is 2.06. The van der Waals surface area contributed by atoms with Crippen LogP contribution >= 0.6 is 0 Å². The molecule has 1 heteroatoms. The van der Waals surface area contributed by atoms with Gasteiger partial charge in [0, 0.05) is 6.54 Å². The summed E-state index contributed by atoms with van der Waals surface area (Å²) >= 11 is 0. The number of nitrogens with two attached hydrogens (primary N) is 1. The first kappa shape index (κ1) is 15.5. The minimum Gasteiger partial charge on any atom is -0.327 e. The standard InChI is InChI=1S/C20H25N/c1-15-4-10-20(11-5-15)17(3)13-19-8-6-18(7-9-19)12-16(2)14-21/h4-11,17H,2,12-14,21H2,1,3H3. The molecule has 2 aromatic rings. The van der Waals surface area contributed by atoms with E-state index in [1.165, 1.54) is 22.3 Å². The predicted octanol–water partition coefficient (Wildman–Crippen LogP) is 4.40. The van der Waals surface area contributed by atoms with Crippen LogP contribution in [0.4, 0.5) is 0 Å². The molecule has 0 aromatic heterocycles. The van der Waals surface area contributed by atoms with Crippen molar-refractivity contribution >= 4 is 0 Å². The van der Waals surface area contributed by atoms with Gasteiger partial charge in [-0.25, -0.2) is 0 Å². The molecule has 0 aliphatic carbocycles. The molecule has 2 aromatic carbocycles. The molecule has 1 unspecified atom stereocenters. The zero-order chi connectivity index (χ0) is 15.2. The predicted molar refractivity (Wildman–Crippen MR) is 91.6 cm³/mol. The Balaban J connectivity index is 1.99. The van der Waals surface area contributed by atoms with Gasteiger partial charge >= 0.3 is 0 Å². The zero-order valence-electron chi connectivity index (χ0n) is 13.1. The molecule has 0 heterocycles. The average molecular weight is 279 g/mol. The lowest BCUT2D eigenvalue weighted by molar-refractivity contribution is 0.758. The van der Waals surface area contributed by atoms with Crippen LogP contribution in [0.3, 0.4) is 0 Å². The lowest BCUT2D eigenvalue weighted by Crippen LogP contribution is -2.04. The number of benzene rings is 2. The molecule has 0 bridgehead atoms. The molecule has 0 saturated heterocycles. The maximum Gasteiger partial charge on any atom is 0.0137 e. The van der Waals surface area contributed by atoms with Crippen molar-refractivity contribution in [2.75, 3.05) is 6.54 Å². The van der Waals surface area contributed by atoms with E-state index < -0.39 is 0 Å². The molecule has 0 aliphatic rings. The molecule has 0 saturated carbocycles. The van der Waals surface area contributed by atoms with Crippen molar-refractivity contribution in [1.82, 2.24) is 0 Å². The first-order chi connectivity index (χ1) is 10.1. The highest BCUT2D eigenvalue weighted by Crippen LogP contribution is 2.21. The molecule has 0 fully saturated rings. The van der Waals surface area contributed by atoms with E-state index in [0.717, 1.165) is 18.4 Å². The van der Waals surface area contributed by atoms with Crippen molar-refractivity contribution in [2.45, 2.75) is 32.6 Å². The minimum absolute atomic E-state index is 0.537. The van der Waals surface area contributed by atoms with Crippen molar-refractivity contribution < 1.29 is 0 Å². The molecular weight excluding hydrogens is 254 g/mol. The largest absolute Gasteiger partial charge is 0.327 e. The first-order valence-corrected chi connectivity index (χ1v) is 7.59. The van der Waals surface area contributed by atoms with Gasteiger partial charge in [0.2, 0.25) is 0 Å². The Hall–Kier alpha value is -1.86. The highest BCUT2D eigenvalue weighted by molar-refractivity contribution is 5.29. The molecule has 0 spiro atoms. The highest BCUT2D eigenvalue weighted by atomic mass is 14.5. The van der Waals surface area contributed by atoms with Crippen LogP contribution in [0.15, 0.2) is 60.7 Å². The Morgan fingerprint density at radius 2 is 1.57 bits per heavy atom. The van der Waals surface area contributed by atoms with Crippen LogP contribution < -0.4 is 5.73 Å². The van der Waals surface area contributed by atoms with E-state index in [0.29, 0.717) is 12.5 Å².